The number of nitrogens with zero attached hydrogens (tertiary/aromatic N) is 1. The van der Waals surface area contributed by atoms with Gasteiger partial charge in [-0.15, -0.1) is 0 Å². The minimum atomic E-state index is -1.84. The molecule has 1 aromatic heterocycles. The van der Waals surface area contributed by atoms with E-state index < -0.39 is 17.3 Å². The van der Waals surface area contributed by atoms with E-state index in [0.29, 0.717) is 17.8 Å². The molecule has 0 unspecified atom stereocenters. The number of hydrogen-bond acceptors (Lipinski definition) is 4. The Bertz CT molecular complexity index is 735. The molecule has 3 rings (SSSR count). The largest absolute Gasteiger partial charge is 0.461 e. The summed E-state index contributed by atoms with van der Waals surface area (Å²) in [7, 11) is 0. The summed E-state index contributed by atoms with van der Waals surface area (Å²) >= 11 is 0. The Balaban J connectivity index is 1.98. The molecule has 5 nitrogen and oxygen atoms in total. The summed E-state index contributed by atoms with van der Waals surface area (Å²) in [5.74, 6) is -0.458. The number of hydrogen-bond donors (Lipinski definition) is 1. The molecule has 0 saturated heterocycles. The molecule has 1 atom stereocenters. The normalized spacial score (nSPS) is 20.2. The average molecular weight is 313 g/mol. The first-order valence-electron chi connectivity index (χ1n) is 7.64. The van der Waals surface area contributed by atoms with Crippen LogP contribution in [-0.4, -0.2) is 23.3 Å². The van der Waals surface area contributed by atoms with E-state index in [4.69, 9.17) is 4.42 Å². The van der Waals surface area contributed by atoms with Crippen LogP contribution in [0.25, 0.3) is 0 Å². The van der Waals surface area contributed by atoms with Crippen LogP contribution in [0, 0.1) is 5.92 Å². The average Bonchev–Trinajstić information content (AvgIpc) is 3.11. The number of furan rings is 1. The lowest BCUT2D eigenvalue weighted by Gasteiger charge is -2.23. The van der Waals surface area contributed by atoms with Gasteiger partial charge in [-0.3, -0.25) is 9.59 Å². The molecule has 0 radical (unpaired) electrons. The van der Waals surface area contributed by atoms with E-state index in [1.54, 1.807) is 29.2 Å². The number of fused-ring (bicyclic) bond motifs is 1. The Morgan fingerprint density at radius 3 is 2.65 bits per heavy atom. The van der Waals surface area contributed by atoms with E-state index in [1.807, 2.05) is 19.9 Å². The molecule has 0 spiro atoms. The van der Waals surface area contributed by atoms with E-state index in [2.05, 4.69) is 0 Å². The van der Waals surface area contributed by atoms with Crippen molar-refractivity contribution >= 4 is 17.4 Å². The Kier molecular flexibility index (Phi) is 3.82. The SMILES string of the molecule is CC(C)CN1C(=O)[C@](O)(CC(=O)c2ccco2)c2ccccc21. The monoisotopic (exact) mass is 313 g/mol. The summed E-state index contributed by atoms with van der Waals surface area (Å²) in [6.45, 7) is 4.50. The number of Topliss-reactive ketones (excluding diaryl/α,β-unsaturated/α-hetero) is 1. The Labute approximate surface area is 134 Å². The third kappa shape index (κ3) is 2.57. The van der Waals surface area contributed by atoms with Crippen molar-refractivity contribution in [2.75, 3.05) is 11.4 Å². The van der Waals surface area contributed by atoms with Gasteiger partial charge in [0.1, 0.15) is 0 Å². The van der Waals surface area contributed by atoms with Crippen molar-refractivity contribution < 1.29 is 19.1 Å². The fourth-order valence-corrected chi connectivity index (χ4v) is 2.98. The number of carbonyl (C=O) groups excluding carboxylic acids is 2. The second-order valence-corrected chi connectivity index (χ2v) is 6.26. The number of para-hydroxylation sites is 1. The van der Waals surface area contributed by atoms with Gasteiger partial charge in [0.2, 0.25) is 5.78 Å². The number of carbonyl (C=O) groups is 2. The maximum Gasteiger partial charge on any atom is 0.264 e. The quantitative estimate of drug-likeness (QED) is 0.862. The van der Waals surface area contributed by atoms with Gasteiger partial charge in [0.25, 0.3) is 5.91 Å². The molecule has 1 aliphatic rings. The Morgan fingerprint density at radius 2 is 2.00 bits per heavy atom. The molecular formula is C18H19NO4. The molecule has 2 heterocycles. The van der Waals surface area contributed by atoms with Gasteiger partial charge in [-0.25, -0.2) is 0 Å². The Hall–Kier alpha value is -2.40. The molecule has 0 aliphatic carbocycles. The maximum atomic E-state index is 12.8. The van der Waals surface area contributed by atoms with Crippen molar-refractivity contribution in [1.82, 2.24) is 0 Å². The number of aliphatic hydroxyl groups is 1. The second kappa shape index (κ2) is 5.66. The van der Waals surface area contributed by atoms with Gasteiger partial charge in [-0.1, -0.05) is 32.0 Å². The third-order valence-corrected chi connectivity index (χ3v) is 4.00. The topological polar surface area (TPSA) is 70.8 Å². The summed E-state index contributed by atoms with van der Waals surface area (Å²) in [4.78, 5) is 26.7. The highest BCUT2D eigenvalue weighted by Crippen LogP contribution is 2.43. The van der Waals surface area contributed by atoms with Gasteiger partial charge in [0.05, 0.1) is 18.4 Å². The minimum Gasteiger partial charge on any atom is -0.461 e. The fraction of sp³-hybridized carbons (Fsp3) is 0.333. The van der Waals surface area contributed by atoms with Crippen molar-refractivity contribution in [3.8, 4) is 0 Å². The van der Waals surface area contributed by atoms with Crippen LogP contribution in [0.2, 0.25) is 0 Å². The van der Waals surface area contributed by atoms with Crippen LogP contribution in [0.1, 0.15) is 36.4 Å². The standard InChI is InChI=1S/C18H19NO4/c1-12(2)11-19-14-7-4-3-6-13(14)18(22,17(19)21)10-15(20)16-8-5-9-23-16/h3-9,12,22H,10-11H2,1-2H3/t18-/m0/s1. The van der Waals surface area contributed by atoms with E-state index in [0.717, 1.165) is 0 Å². The lowest BCUT2D eigenvalue weighted by atomic mass is 9.89. The molecule has 1 N–H and O–H groups in total. The molecule has 2 aromatic rings. The molecule has 23 heavy (non-hydrogen) atoms. The summed E-state index contributed by atoms with van der Waals surface area (Å²) in [5.41, 5.74) is -0.693. The number of amides is 1. The van der Waals surface area contributed by atoms with Gasteiger partial charge >= 0.3 is 0 Å². The molecule has 1 amide bonds. The zero-order chi connectivity index (χ0) is 16.6. The highest BCUT2D eigenvalue weighted by Gasteiger charge is 2.51. The highest BCUT2D eigenvalue weighted by molar-refractivity contribution is 6.10. The van der Waals surface area contributed by atoms with Crippen LogP contribution in [0.4, 0.5) is 5.69 Å². The van der Waals surface area contributed by atoms with Gasteiger partial charge in [-0.05, 0) is 24.1 Å². The van der Waals surface area contributed by atoms with E-state index >= 15 is 0 Å². The van der Waals surface area contributed by atoms with Crippen LogP contribution < -0.4 is 4.90 Å². The van der Waals surface area contributed by atoms with Gasteiger partial charge in [0, 0.05) is 12.1 Å². The molecule has 1 aliphatic heterocycles. The van der Waals surface area contributed by atoms with E-state index in [1.165, 1.54) is 12.3 Å². The summed E-state index contributed by atoms with van der Waals surface area (Å²) in [6, 6.07) is 10.2. The zero-order valence-electron chi connectivity index (χ0n) is 13.2. The van der Waals surface area contributed by atoms with Crippen molar-refractivity contribution in [3.63, 3.8) is 0 Å². The van der Waals surface area contributed by atoms with Crippen molar-refractivity contribution in [1.29, 1.82) is 0 Å². The number of benzene rings is 1. The predicted molar refractivity (Wildman–Crippen MR) is 85.2 cm³/mol. The van der Waals surface area contributed by atoms with Gasteiger partial charge < -0.3 is 14.4 Å². The summed E-state index contributed by atoms with van der Waals surface area (Å²) < 4.78 is 5.08. The van der Waals surface area contributed by atoms with Crippen LogP contribution >= 0.6 is 0 Å². The van der Waals surface area contributed by atoms with Gasteiger partial charge in [-0.2, -0.15) is 0 Å². The molecule has 0 bridgehead atoms. The smallest absolute Gasteiger partial charge is 0.264 e. The molecule has 120 valence electrons. The number of rotatable bonds is 5. The Morgan fingerprint density at radius 1 is 1.26 bits per heavy atom. The van der Waals surface area contributed by atoms with Crippen molar-refractivity contribution in [3.05, 3.63) is 54.0 Å². The van der Waals surface area contributed by atoms with E-state index in [9.17, 15) is 14.7 Å². The van der Waals surface area contributed by atoms with Crippen LogP contribution in [0.3, 0.4) is 0 Å². The minimum absolute atomic E-state index is 0.144. The van der Waals surface area contributed by atoms with E-state index in [-0.39, 0.29) is 18.1 Å². The van der Waals surface area contributed by atoms with Gasteiger partial charge in [0.15, 0.2) is 11.4 Å². The number of anilines is 1. The van der Waals surface area contributed by atoms with Crippen LogP contribution in [0.15, 0.2) is 47.1 Å². The summed E-state index contributed by atoms with van der Waals surface area (Å²) in [5, 5.41) is 11.0. The second-order valence-electron chi connectivity index (χ2n) is 6.26. The van der Waals surface area contributed by atoms with Crippen LogP contribution in [-0.2, 0) is 10.4 Å². The first-order valence-corrected chi connectivity index (χ1v) is 7.64. The van der Waals surface area contributed by atoms with Crippen molar-refractivity contribution in [2.24, 2.45) is 5.92 Å². The molecular weight excluding hydrogens is 294 g/mol. The fourth-order valence-electron chi connectivity index (χ4n) is 2.98. The van der Waals surface area contributed by atoms with Crippen LogP contribution in [0.5, 0.6) is 0 Å². The van der Waals surface area contributed by atoms with Crippen molar-refractivity contribution in [2.45, 2.75) is 25.9 Å². The lowest BCUT2D eigenvalue weighted by molar-refractivity contribution is -0.136. The zero-order valence-corrected chi connectivity index (χ0v) is 13.2. The first-order chi connectivity index (χ1) is 10.9. The predicted octanol–water partition coefficient (Wildman–Crippen LogP) is 2.74. The molecule has 0 saturated carbocycles. The first kappa shape index (κ1) is 15.5. The number of ketones is 1. The highest BCUT2D eigenvalue weighted by atomic mass is 16.3. The maximum absolute atomic E-state index is 12.8. The molecule has 1 aromatic carbocycles. The molecule has 0 fully saturated rings. The lowest BCUT2D eigenvalue weighted by Crippen LogP contribution is -2.43. The summed E-state index contributed by atoms with van der Waals surface area (Å²) in [6.07, 6.45) is 1.07. The molecule has 5 heteroatoms. The third-order valence-electron chi connectivity index (χ3n) is 4.00.